The van der Waals surface area contributed by atoms with Gasteiger partial charge < -0.3 is 5.32 Å². The normalized spacial score (nSPS) is 10.5. The highest BCUT2D eigenvalue weighted by atomic mass is 35.5. The Balaban J connectivity index is 2.42. The smallest absolute Gasteiger partial charge is 0.224 e. The van der Waals surface area contributed by atoms with Crippen LogP contribution in [0.4, 0.5) is 5.69 Å². The maximum Gasteiger partial charge on any atom is 0.224 e. The lowest BCUT2D eigenvalue weighted by atomic mass is 10.1. The van der Waals surface area contributed by atoms with Crippen molar-refractivity contribution in [1.82, 2.24) is 0 Å². The number of unbranched alkanes of at least 4 members (excludes halogenated alkanes) is 4. The van der Waals surface area contributed by atoms with Crippen molar-refractivity contribution < 1.29 is 4.79 Å². The van der Waals surface area contributed by atoms with Crippen molar-refractivity contribution >= 4 is 46.4 Å². The predicted molar refractivity (Wildman–Crippen MR) is 83.5 cm³/mol. The summed E-state index contributed by atoms with van der Waals surface area (Å²) < 4.78 is 0. The third-order valence-corrected chi connectivity index (χ3v) is 3.83. The highest BCUT2D eigenvalue weighted by Gasteiger charge is 2.09. The third kappa shape index (κ3) is 6.03. The molecule has 19 heavy (non-hydrogen) atoms. The van der Waals surface area contributed by atoms with Crippen molar-refractivity contribution in [3.05, 3.63) is 27.2 Å². The molecule has 1 amide bonds. The molecule has 0 saturated carbocycles. The largest absolute Gasteiger partial charge is 0.325 e. The Bertz CT molecular complexity index is 435. The van der Waals surface area contributed by atoms with Gasteiger partial charge in [0.15, 0.2) is 0 Å². The molecule has 0 aliphatic carbocycles. The number of nitrogens with one attached hydrogen (secondary N) is 1. The molecule has 0 spiro atoms. The average Bonchev–Trinajstić information content (AvgIpc) is 2.35. The fraction of sp³-hybridized carbons (Fsp3) is 0.500. The molecule has 0 aliphatic heterocycles. The summed E-state index contributed by atoms with van der Waals surface area (Å²) in [6, 6.07) is 3.10. The molecule has 1 aromatic carbocycles. The number of carbonyl (C=O) groups excluding carboxylic acids is 1. The van der Waals surface area contributed by atoms with E-state index < -0.39 is 0 Å². The topological polar surface area (TPSA) is 29.1 Å². The summed E-state index contributed by atoms with van der Waals surface area (Å²) in [5.41, 5.74) is 0.509. The Morgan fingerprint density at radius 1 is 1.00 bits per heavy atom. The molecule has 106 valence electrons. The molecule has 0 atom stereocenters. The second-order valence-corrected chi connectivity index (χ2v) is 5.68. The minimum atomic E-state index is -0.0446. The van der Waals surface area contributed by atoms with Crippen molar-refractivity contribution in [3.8, 4) is 0 Å². The van der Waals surface area contributed by atoms with Gasteiger partial charge in [0.2, 0.25) is 5.91 Å². The summed E-state index contributed by atoms with van der Waals surface area (Å²) in [6.07, 6.45) is 6.07. The standard InChI is InChI=1S/C14H18Cl3NO/c1-2-3-4-5-6-7-14(19)18-13-9-11(16)10(15)8-12(13)17/h8-9H,2-7H2,1H3,(H,18,19). The lowest BCUT2D eigenvalue weighted by Gasteiger charge is -2.08. The van der Waals surface area contributed by atoms with Gasteiger partial charge in [0, 0.05) is 6.42 Å². The van der Waals surface area contributed by atoms with Gasteiger partial charge in [0.05, 0.1) is 20.8 Å². The van der Waals surface area contributed by atoms with Gasteiger partial charge in [0.25, 0.3) is 0 Å². The van der Waals surface area contributed by atoms with Crippen LogP contribution in [0.3, 0.4) is 0 Å². The quantitative estimate of drug-likeness (QED) is 0.488. The van der Waals surface area contributed by atoms with Gasteiger partial charge in [-0.3, -0.25) is 4.79 Å². The van der Waals surface area contributed by atoms with Crippen LogP contribution in [0.25, 0.3) is 0 Å². The molecule has 0 saturated heterocycles. The number of halogens is 3. The number of carbonyl (C=O) groups is 1. The molecule has 0 fully saturated rings. The summed E-state index contributed by atoms with van der Waals surface area (Å²) in [5, 5.41) is 3.91. The summed E-state index contributed by atoms with van der Waals surface area (Å²) in [4.78, 5) is 11.7. The zero-order valence-corrected chi connectivity index (χ0v) is 13.2. The van der Waals surface area contributed by atoms with Gasteiger partial charge in [-0.2, -0.15) is 0 Å². The van der Waals surface area contributed by atoms with E-state index in [1.807, 2.05) is 0 Å². The first-order valence-electron chi connectivity index (χ1n) is 6.49. The van der Waals surface area contributed by atoms with E-state index in [4.69, 9.17) is 34.8 Å². The van der Waals surface area contributed by atoms with E-state index in [2.05, 4.69) is 12.2 Å². The molecule has 1 aromatic rings. The molecule has 0 unspecified atom stereocenters. The van der Waals surface area contributed by atoms with Crippen molar-refractivity contribution in [3.63, 3.8) is 0 Å². The Labute approximate surface area is 129 Å². The van der Waals surface area contributed by atoms with E-state index in [0.29, 0.717) is 27.2 Å². The molecule has 0 radical (unpaired) electrons. The minimum absolute atomic E-state index is 0.0446. The van der Waals surface area contributed by atoms with Crippen LogP contribution in [-0.4, -0.2) is 5.91 Å². The van der Waals surface area contributed by atoms with Crippen LogP contribution in [-0.2, 0) is 4.79 Å². The van der Waals surface area contributed by atoms with Crippen LogP contribution in [0.1, 0.15) is 45.4 Å². The second-order valence-electron chi connectivity index (χ2n) is 4.46. The Morgan fingerprint density at radius 2 is 1.63 bits per heavy atom. The number of hydrogen-bond donors (Lipinski definition) is 1. The van der Waals surface area contributed by atoms with E-state index in [9.17, 15) is 4.79 Å². The van der Waals surface area contributed by atoms with Crippen LogP contribution in [0, 0.1) is 0 Å². The number of benzene rings is 1. The molecule has 1 N–H and O–H groups in total. The first-order valence-corrected chi connectivity index (χ1v) is 7.62. The Hall–Kier alpha value is -0.440. The van der Waals surface area contributed by atoms with Crippen LogP contribution < -0.4 is 5.32 Å². The molecule has 0 aromatic heterocycles. The van der Waals surface area contributed by atoms with Gasteiger partial charge in [-0.15, -0.1) is 0 Å². The Morgan fingerprint density at radius 3 is 2.32 bits per heavy atom. The van der Waals surface area contributed by atoms with E-state index >= 15 is 0 Å². The Kier molecular flexibility index (Phi) is 7.59. The van der Waals surface area contributed by atoms with Crippen LogP contribution in [0.2, 0.25) is 15.1 Å². The van der Waals surface area contributed by atoms with Crippen molar-refractivity contribution in [2.24, 2.45) is 0 Å². The first kappa shape index (κ1) is 16.6. The molecule has 2 nitrogen and oxygen atoms in total. The van der Waals surface area contributed by atoms with E-state index in [1.165, 1.54) is 25.3 Å². The van der Waals surface area contributed by atoms with Gasteiger partial charge in [-0.25, -0.2) is 0 Å². The van der Waals surface area contributed by atoms with Gasteiger partial charge >= 0.3 is 0 Å². The van der Waals surface area contributed by atoms with E-state index in [1.54, 1.807) is 6.07 Å². The average molecular weight is 323 g/mol. The lowest BCUT2D eigenvalue weighted by Crippen LogP contribution is -2.11. The molecular formula is C14H18Cl3NO. The molecule has 5 heteroatoms. The zero-order chi connectivity index (χ0) is 14.3. The maximum absolute atomic E-state index is 11.7. The van der Waals surface area contributed by atoms with E-state index in [0.717, 1.165) is 12.8 Å². The van der Waals surface area contributed by atoms with E-state index in [-0.39, 0.29) is 5.91 Å². The zero-order valence-electron chi connectivity index (χ0n) is 10.9. The van der Waals surface area contributed by atoms with Crippen LogP contribution in [0.5, 0.6) is 0 Å². The highest BCUT2D eigenvalue weighted by molar-refractivity contribution is 6.44. The monoisotopic (exact) mass is 321 g/mol. The molecular weight excluding hydrogens is 305 g/mol. The van der Waals surface area contributed by atoms with Gasteiger partial charge in [-0.1, -0.05) is 67.4 Å². The molecule has 0 aliphatic rings. The van der Waals surface area contributed by atoms with Gasteiger partial charge in [-0.05, 0) is 18.6 Å². The summed E-state index contributed by atoms with van der Waals surface area (Å²) in [6.45, 7) is 2.17. The molecule has 1 rings (SSSR count). The molecule has 0 heterocycles. The van der Waals surface area contributed by atoms with Crippen molar-refractivity contribution in [1.29, 1.82) is 0 Å². The number of amides is 1. The van der Waals surface area contributed by atoms with Crippen LogP contribution >= 0.6 is 34.8 Å². The fourth-order valence-electron chi connectivity index (χ4n) is 1.72. The lowest BCUT2D eigenvalue weighted by molar-refractivity contribution is -0.116. The summed E-state index contributed by atoms with van der Waals surface area (Å²) in [5.74, 6) is -0.0446. The van der Waals surface area contributed by atoms with Crippen molar-refractivity contribution in [2.75, 3.05) is 5.32 Å². The number of anilines is 1. The maximum atomic E-state index is 11.7. The molecule has 0 bridgehead atoms. The number of rotatable bonds is 7. The second kappa shape index (κ2) is 8.68. The van der Waals surface area contributed by atoms with Crippen LogP contribution in [0.15, 0.2) is 12.1 Å². The minimum Gasteiger partial charge on any atom is -0.325 e. The van der Waals surface area contributed by atoms with Gasteiger partial charge in [0.1, 0.15) is 0 Å². The fourth-order valence-corrected chi connectivity index (χ4v) is 2.31. The number of hydrogen-bond acceptors (Lipinski definition) is 1. The van der Waals surface area contributed by atoms with Crippen molar-refractivity contribution in [2.45, 2.75) is 45.4 Å². The summed E-state index contributed by atoms with van der Waals surface area (Å²) in [7, 11) is 0. The predicted octanol–water partition coefficient (Wildman–Crippen LogP) is 5.95. The highest BCUT2D eigenvalue weighted by Crippen LogP contribution is 2.32. The first-order chi connectivity index (χ1) is 9.04. The summed E-state index contributed by atoms with van der Waals surface area (Å²) >= 11 is 17.7. The SMILES string of the molecule is CCCCCCCC(=O)Nc1cc(Cl)c(Cl)cc1Cl. The third-order valence-electron chi connectivity index (χ3n) is 2.79.